The van der Waals surface area contributed by atoms with E-state index in [9.17, 15) is 0 Å². The summed E-state index contributed by atoms with van der Waals surface area (Å²) in [4.78, 5) is 4.60. The van der Waals surface area contributed by atoms with Crippen molar-refractivity contribution < 1.29 is 14.2 Å². The predicted octanol–water partition coefficient (Wildman–Crippen LogP) is 2.57. The molecule has 0 aromatic heterocycles. The van der Waals surface area contributed by atoms with Crippen LogP contribution < -0.4 is 20.1 Å². The molecule has 0 bridgehead atoms. The summed E-state index contributed by atoms with van der Waals surface area (Å²) in [5.74, 6) is 2.24. The van der Waals surface area contributed by atoms with Crippen LogP contribution in [0.1, 0.15) is 32.8 Å². The van der Waals surface area contributed by atoms with Crippen LogP contribution in [-0.4, -0.2) is 46.0 Å². The summed E-state index contributed by atoms with van der Waals surface area (Å²) in [6.07, 6.45) is 1.22. The molecule has 1 rings (SSSR count). The Morgan fingerprint density at radius 1 is 1.12 bits per heavy atom. The minimum atomic E-state index is 0.275. The van der Waals surface area contributed by atoms with Gasteiger partial charge in [0, 0.05) is 19.7 Å². The van der Waals surface area contributed by atoms with Gasteiger partial charge in [-0.1, -0.05) is 6.07 Å². The van der Waals surface area contributed by atoms with Crippen molar-refractivity contribution in [2.24, 2.45) is 4.99 Å². The third kappa shape index (κ3) is 7.55. The van der Waals surface area contributed by atoms with Gasteiger partial charge >= 0.3 is 0 Å². The van der Waals surface area contributed by atoms with E-state index in [1.54, 1.807) is 14.2 Å². The van der Waals surface area contributed by atoms with Gasteiger partial charge in [-0.2, -0.15) is 0 Å². The topological polar surface area (TPSA) is 64.1 Å². The molecular formula is C18H31N3O3. The van der Waals surface area contributed by atoms with Crippen LogP contribution in [0, 0.1) is 0 Å². The molecule has 6 heteroatoms. The number of nitrogens with one attached hydrogen (secondary N) is 2. The first kappa shape index (κ1) is 20.1. The van der Waals surface area contributed by atoms with Gasteiger partial charge in [-0.25, -0.2) is 4.99 Å². The zero-order valence-electron chi connectivity index (χ0n) is 15.5. The molecule has 0 radical (unpaired) electrons. The summed E-state index contributed by atoms with van der Waals surface area (Å²) >= 11 is 0. The number of nitrogens with zero attached hydrogens (tertiary/aromatic N) is 1. The van der Waals surface area contributed by atoms with Crippen LogP contribution in [0.25, 0.3) is 0 Å². The minimum absolute atomic E-state index is 0.275. The Morgan fingerprint density at radius 2 is 1.88 bits per heavy atom. The zero-order valence-corrected chi connectivity index (χ0v) is 15.5. The highest BCUT2D eigenvalue weighted by Crippen LogP contribution is 2.27. The molecular weight excluding hydrogens is 306 g/mol. The standard InChI is InChI=1S/C18H31N3O3/c1-6-19-18(20-10-7-11-24-14(2)3)21-13-15-8-9-16(22-4)17(12-15)23-5/h8-9,12,14H,6-7,10-11,13H2,1-5H3,(H2,19,20,21). The third-order valence-corrected chi connectivity index (χ3v) is 3.28. The van der Waals surface area contributed by atoms with E-state index in [-0.39, 0.29) is 6.10 Å². The highest BCUT2D eigenvalue weighted by Gasteiger charge is 2.04. The Hall–Kier alpha value is -1.95. The third-order valence-electron chi connectivity index (χ3n) is 3.28. The van der Waals surface area contributed by atoms with E-state index in [1.165, 1.54) is 0 Å². The molecule has 24 heavy (non-hydrogen) atoms. The molecule has 1 aromatic carbocycles. The molecule has 0 atom stereocenters. The molecule has 0 spiro atoms. The number of benzene rings is 1. The largest absolute Gasteiger partial charge is 0.493 e. The van der Waals surface area contributed by atoms with Crippen molar-refractivity contribution in [3.63, 3.8) is 0 Å². The number of ether oxygens (including phenoxy) is 3. The molecule has 2 N–H and O–H groups in total. The average Bonchev–Trinajstić information content (AvgIpc) is 2.58. The first-order valence-electron chi connectivity index (χ1n) is 8.45. The first-order chi connectivity index (χ1) is 11.6. The van der Waals surface area contributed by atoms with Crippen molar-refractivity contribution in [2.75, 3.05) is 33.9 Å². The summed E-state index contributed by atoms with van der Waals surface area (Å²) in [6, 6.07) is 5.83. The number of guanidine groups is 1. The summed E-state index contributed by atoms with van der Waals surface area (Å²) in [6.45, 7) is 9.10. The van der Waals surface area contributed by atoms with Crippen molar-refractivity contribution in [1.29, 1.82) is 0 Å². The van der Waals surface area contributed by atoms with Gasteiger partial charge in [-0.05, 0) is 44.9 Å². The molecule has 1 aromatic rings. The first-order valence-corrected chi connectivity index (χ1v) is 8.45. The van der Waals surface area contributed by atoms with Gasteiger partial charge in [-0.3, -0.25) is 0 Å². The van der Waals surface area contributed by atoms with Crippen molar-refractivity contribution in [3.8, 4) is 11.5 Å². The fourth-order valence-corrected chi connectivity index (χ4v) is 2.09. The Bertz CT molecular complexity index is 504. The molecule has 0 saturated heterocycles. The van der Waals surface area contributed by atoms with E-state index in [2.05, 4.69) is 22.5 Å². The van der Waals surface area contributed by atoms with Crippen LogP contribution in [0.2, 0.25) is 0 Å². The second kappa shape index (κ2) is 11.6. The van der Waals surface area contributed by atoms with E-state index in [4.69, 9.17) is 14.2 Å². The fourth-order valence-electron chi connectivity index (χ4n) is 2.09. The normalized spacial score (nSPS) is 11.5. The van der Waals surface area contributed by atoms with E-state index >= 15 is 0 Å². The van der Waals surface area contributed by atoms with E-state index in [0.717, 1.165) is 43.4 Å². The molecule has 136 valence electrons. The SMILES string of the molecule is CCNC(=NCc1ccc(OC)c(OC)c1)NCCCOC(C)C. The van der Waals surface area contributed by atoms with Crippen LogP contribution in [-0.2, 0) is 11.3 Å². The molecule has 6 nitrogen and oxygen atoms in total. The summed E-state index contributed by atoms with van der Waals surface area (Å²) in [5, 5.41) is 6.56. The van der Waals surface area contributed by atoms with Crippen LogP contribution in [0.15, 0.2) is 23.2 Å². The average molecular weight is 337 g/mol. The second-order valence-corrected chi connectivity index (χ2v) is 5.58. The number of rotatable bonds is 10. The summed E-state index contributed by atoms with van der Waals surface area (Å²) in [7, 11) is 3.27. The van der Waals surface area contributed by atoms with Gasteiger partial charge < -0.3 is 24.8 Å². The van der Waals surface area contributed by atoms with Gasteiger partial charge in [0.25, 0.3) is 0 Å². The Labute approximate surface area is 145 Å². The molecule has 0 heterocycles. The maximum absolute atomic E-state index is 5.53. The van der Waals surface area contributed by atoms with Gasteiger partial charge in [0.1, 0.15) is 0 Å². The van der Waals surface area contributed by atoms with Crippen LogP contribution in [0.4, 0.5) is 0 Å². The maximum Gasteiger partial charge on any atom is 0.191 e. The Balaban J connectivity index is 2.55. The number of methoxy groups -OCH3 is 2. The lowest BCUT2D eigenvalue weighted by Crippen LogP contribution is -2.38. The number of hydrogen-bond donors (Lipinski definition) is 2. The Morgan fingerprint density at radius 3 is 2.50 bits per heavy atom. The molecule has 0 aliphatic carbocycles. The van der Waals surface area contributed by atoms with Crippen LogP contribution in [0.3, 0.4) is 0 Å². The van der Waals surface area contributed by atoms with E-state index in [0.29, 0.717) is 12.3 Å². The minimum Gasteiger partial charge on any atom is -0.493 e. The van der Waals surface area contributed by atoms with Crippen molar-refractivity contribution in [2.45, 2.75) is 39.8 Å². The predicted molar refractivity (Wildman–Crippen MR) is 98.1 cm³/mol. The number of aliphatic imine (C=N–C) groups is 1. The highest BCUT2D eigenvalue weighted by atomic mass is 16.5. The molecule has 0 amide bonds. The van der Waals surface area contributed by atoms with E-state index < -0.39 is 0 Å². The quantitative estimate of drug-likeness (QED) is 0.390. The van der Waals surface area contributed by atoms with Gasteiger partial charge in [0.2, 0.25) is 0 Å². The Kier molecular flexibility index (Phi) is 9.68. The molecule has 0 unspecified atom stereocenters. The zero-order chi connectivity index (χ0) is 17.8. The molecule has 0 saturated carbocycles. The van der Waals surface area contributed by atoms with Gasteiger partial charge in [0.15, 0.2) is 17.5 Å². The van der Waals surface area contributed by atoms with Crippen LogP contribution in [0.5, 0.6) is 11.5 Å². The number of hydrogen-bond acceptors (Lipinski definition) is 4. The van der Waals surface area contributed by atoms with Crippen molar-refractivity contribution >= 4 is 5.96 Å². The second-order valence-electron chi connectivity index (χ2n) is 5.58. The van der Waals surface area contributed by atoms with Gasteiger partial charge in [0.05, 0.1) is 26.9 Å². The van der Waals surface area contributed by atoms with E-state index in [1.807, 2.05) is 32.0 Å². The lowest BCUT2D eigenvalue weighted by atomic mass is 10.2. The van der Waals surface area contributed by atoms with Crippen molar-refractivity contribution in [3.05, 3.63) is 23.8 Å². The lowest BCUT2D eigenvalue weighted by Gasteiger charge is -2.13. The van der Waals surface area contributed by atoms with Crippen molar-refractivity contribution in [1.82, 2.24) is 10.6 Å². The van der Waals surface area contributed by atoms with Crippen LogP contribution >= 0.6 is 0 Å². The summed E-state index contributed by atoms with van der Waals surface area (Å²) < 4.78 is 16.1. The smallest absolute Gasteiger partial charge is 0.191 e. The monoisotopic (exact) mass is 337 g/mol. The molecule has 0 aliphatic rings. The fraction of sp³-hybridized carbons (Fsp3) is 0.611. The maximum atomic E-state index is 5.53. The molecule has 0 aliphatic heterocycles. The summed E-state index contributed by atoms with van der Waals surface area (Å²) in [5.41, 5.74) is 1.06. The van der Waals surface area contributed by atoms with Gasteiger partial charge in [-0.15, -0.1) is 0 Å². The lowest BCUT2D eigenvalue weighted by molar-refractivity contribution is 0.0776. The highest BCUT2D eigenvalue weighted by molar-refractivity contribution is 5.79. The molecule has 0 fully saturated rings.